The molecule has 1 aromatic rings. The summed E-state index contributed by atoms with van der Waals surface area (Å²) < 4.78 is 26.4. The summed E-state index contributed by atoms with van der Waals surface area (Å²) in [5.74, 6) is -1.81. The van der Waals surface area contributed by atoms with Gasteiger partial charge in [0, 0.05) is 11.6 Å². The lowest BCUT2D eigenvalue weighted by Crippen LogP contribution is -2.33. The predicted octanol–water partition coefficient (Wildman–Crippen LogP) is 2.77. The Morgan fingerprint density at radius 2 is 2.05 bits per heavy atom. The minimum absolute atomic E-state index is 0.0317. The Labute approximate surface area is 127 Å². The van der Waals surface area contributed by atoms with Crippen molar-refractivity contribution in [2.75, 3.05) is 6.54 Å². The van der Waals surface area contributed by atoms with E-state index >= 15 is 0 Å². The van der Waals surface area contributed by atoms with Gasteiger partial charge in [0.05, 0.1) is 10.9 Å². The summed E-state index contributed by atoms with van der Waals surface area (Å²) in [7, 11) is -3.89. The zero-order valence-corrected chi connectivity index (χ0v) is 13.1. The van der Waals surface area contributed by atoms with Gasteiger partial charge in [-0.25, -0.2) is 13.1 Å². The summed E-state index contributed by atoms with van der Waals surface area (Å²) >= 11 is 11.6. The highest BCUT2D eigenvalue weighted by atomic mass is 35.5. The molecule has 0 heterocycles. The zero-order chi connectivity index (χ0) is 15.3. The van der Waals surface area contributed by atoms with Gasteiger partial charge in [-0.3, -0.25) is 4.79 Å². The first-order valence-electron chi connectivity index (χ1n) is 5.95. The average Bonchev–Trinajstić information content (AvgIpc) is 2.37. The van der Waals surface area contributed by atoms with Gasteiger partial charge in [0.15, 0.2) is 0 Å². The van der Waals surface area contributed by atoms with Crippen LogP contribution >= 0.6 is 23.2 Å². The summed E-state index contributed by atoms with van der Waals surface area (Å²) in [6.07, 6.45) is 1.04. The minimum Gasteiger partial charge on any atom is -0.481 e. The topological polar surface area (TPSA) is 83.5 Å². The smallest absolute Gasteiger partial charge is 0.307 e. The normalized spacial score (nSPS) is 13.2. The van der Waals surface area contributed by atoms with Crippen molar-refractivity contribution in [3.63, 3.8) is 0 Å². The Morgan fingerprint density at radius 3 is 2.60 bits per heavy atom. The minimum atomic E-state index is -3.89. The summed E-state index contributed by atoms with van der Waals surface area (Å²) in [5, 5.41) is 9.25. The molecular weight excluding hydrogens is 325 g/mol. The molecule has 0 aromatic heterocycles. The van der Waals surface area contributed by atoms with E-state index in [0.717, 1.165) is 0 Å². The molecule has 0 amide bonds. The van der Waals surface area contributed by atoms with Crippen LogP contribution < -0.4 is 4.72 Å². The van der Waals surface area contributed by atoms with E-state index in [4.69, 9.17) is 28.3 Å². The maximum atomic E-state index is 12.1. The van der Waals surface area contributed by atoms with Crippen molar-refractivity contribution < 1.29 is 18.3 Å². The number of rotatable bonds is 7. The molecule has 1 rings (SSSR count). The highest BCUT2D eigenvalue weighted by Crippen LogP contribution is 2.24. The van der Waals surface area contributed by atoms with Gasteiger partial charge in [-0.1, -0.05) is 36.5 Å². The molecule has 0 spiro atoms. The quantitative estimate of drug-likeness (QED) is 0.799. The maximum absolute atomic E-state index is 12.1. The van der Waals surface area contributed by atoms with Gasteiger partial charge in [-0.05, 0) is 24.6 Å². The van der Waals surface area contributed by atoms with Crippen LogP contribution in [0.5, 0.6) is 0 Å². The molecule has 0 fully saturated rings. The van der Waals surface area contributed by atoms with Gasteiger partial charge in [0.25, 0.3) is 0 Å². The lowest BCUT2D eigenvalue weighted by molar-refractivity contribution is -0.141. The third kappa shape index (κ3) is 4.63. The molecule has 0 radical (unpaired) electrons. The molecule has 8 heteroatoms. The van der Waals surface area contributed by atoms with E-state index in [0.29, 0.717) is 12.8 Å². The van der Waals surface area contributed by atoms with Gasteiger partial charge in [-0.15, -0.1) is 0 Å². The molecule has 1 unspecified atom stereocenters. The number of nitrogens with one attached hydrogen (secondary N) is 1. The zero-order valence-electron chi connectivity index (χ0n) is 10.8. The second-order valence-corrected chi connectivity index (χ2v) is 6.83. The van der Waals surface area contributed by atoms with Crippen LogP contribution in [0.3, 0.4) is 0 Å². The Morgan fingerprint density at radius 1 is 1.40 bits per heavy atom. The van der Waals surface area contributed by atoms with E-state index in [2.05, 4.69) is 4.72 Å². The van der Waals surface area contributed by atoms with Crippen LogP contribution in [-0.2, 0) is 14.8 Å². The SMILES string of the molecule is CCCC(CNS(=O)(=O)c1cc(Cl)ccc1Cl)C(=O)O. The average molecular weight is 340 g/mol. The van der Waals surface area contributed by atoms with E-state index in [1.807, 2.05) is 6.92 Å². The summed E-state index contributed by atoms with van der Waals surface area (Å²) in [6.45, 7) is 1.65. The fraction of sp³-hybridized carbons (Fsp3) is 0.417. The molecule has 1 atom stereocenters. The van der Waals surface area contributed by atoms with Gasteiger partial charge in [-0.2, -0.15) is 0 Å². The number of benzene rings is 1. The van der Waals surface area contributed by atoms with Crippen LogP contribution in [0.4, 0.5) is 0 Å². The van der Waals surface area contributed by atoms with Crippen LogP contribution in [0.15, 0.2) is 23.1 Å². The molecule has 5 nitrogen and oxygen atoms in total. The predicted molar refractivity (Wildman–Crippen MR) is 77.7 cm³/mol. The molecule has 0 aliphatic rings. The third-order valence-corrected chi connectivity index (χ3v) is 4.83. The molecule has 20 heavy (non-hydrogen) atoms. The first kappa shape index (κ1) is 17.2. The van der Waals surface area contributed by atoms with E-state index < -0.39 is 21.9 Å². The first-order valence-corrected chi connectivity index (χ1v) is 8.19. The fourth-order valence-electron chi connectivity index (χ4n) is 1.63. The van der Waals surface area contributed by atoms with Crippen molar-refractivity contribution in [2.45, 2.75) is 24.7 Å². The van der Waals surface area contributed by atoms with Crippen LogP contribution in [0, 0.1) is 5.92 Å². The standard InChI is InChI=1S/C12H15Cl2NO4S/c1-2-3-8(12(16)17)7-15-20(18,19)11-6-9(13)4-5-10(11)14/h4-6,8,15H,2-3,7H2,1H3,(H,16,17). The lowest BCUT2D eigenvalue weighted by Gasteiger charge is -2.13. The van der Waals surface area contributed by atoms with Crippen LogP contribution in [0.25, 0.3) is 0 Å². The van der Waals surface area contributed by atoms with Crippen molar-refractivity contribution in [3.05, 3.63) is 28.2 Å². The maximum Gasteiger partial charge on any atom is 0.307 e. The van der Waals surface area contributed by atoms with Crippen molar-refractivity contribution in [1.82, 2.24) is 4.72 Å². The number of sulfonamides is 1. The Balaban J connectivity index is 2.89. The number of carbonyl (C=O) groups is 1. The van der Waals surface area contributed by atoms with Gasteiger partial charge in [0.2, 0.25) is 10.0 Å². The second-order valence-electron chi connectivity index (χ2n) is 4.25. The highest BCUT2D eigenvalue weighted by Gasteiger charge is 2.23. The van der Waals surface area contributed by atoms with Crippen molar-refractivity contribution >= 4 is 39.2 Å². The van der Waals surface area contributed by atoms with Crippen molar-refractivity contribution in [1.29, 1.82) is 0 Å². The Hall–Kier alpha value is -0.820. The summed E-state index contributed by atoms with van der Waals surface area (Å²) in [6, 6.07) is 4.07. The third-order valence-electron chi connectivity index (χ3n) is 2.69. The molecular formula is C12H15Cl2NO4S. The molecule has 112 valence electrons. The number of aliphatic carboxylic acids is 1. The van der Waals surface area contributed by atoms with Gasteiger partial charge < -0.3 is 5.11 Å². The van der Waals surface area contributed by atoms with E-state index in [1.165, 1.54) is 18.2 Å². The number of carboxylic acid groups (broad SMARTS) is 1. The first-order chi connectivity index (χ1) is 9.27. The number of hydrogen-bond donors (Lipinski definition) is 2. The Kier molecular flexibility index (Phi) is 6.26. The molecule has 0 saturated heterocycles. The molecule has 0 saturated carbocycles. The number of carboxylic acids is 1. The Bertz CT molecular complexity index is 589. The second kappa shape index (κ2) is 7.26. The number of hydrogen-bond acceptors (Lipinski definition) is 3. The van der Waals surface area contributed by atoms with Crippen LogP contribution in [-0.4, -0.2) is 26.0 Å². The van der Waals surface area contributed by atoms with Crippen molar-refractivity contribution in [2.24, 2.45) is 5.92 Å². The van der Waals surface area contributed by atoms with Crippen LogP contribution in [0.2, 0.25) is 10.0 Å². The largest absolute Gasteiger partial charge is 0.481 e. The molecule has 0 aliphatic carbocycles. The summed E-state index contributed by atoms with van der Waals surface area (Å²) in [5.41, 5.74) is 0. The summed E-state index contributed by atoms with van der Waals surface area (Å²) in [4.78, 5) is 10.8. The van der Waals surface area contributed by atoms with E-state index in [9.17, 15) is 13.2 Å². The molecule has 0 aliphatic heterocycles. The monoisotopic (exact) mass is 339 g/mol. The fourth-order valence-corrected chi connectivity index (χ4v) is 3.47. The van der Waals surface area contributed by atoms with E-state index in [1.54, 1.807) is 0 Å². The number of halogens is 2. The van der Waals surface area contributed by atoms with Gasteiger partial charge in [0.1, 0.15) is 4.90 Å². The lowest BCUT2D eigenvalue weighted by atomic mass is 10.1. The highest BCUT2D eigenvalue weighted by molar-refractivity contribution is 7.89. The van der Waals surface area contributed by atoms with Crippen LogP contribution in [0.1, 0.15) is 19.8 Å². The van der Waals surface area contributed by atoms with E-state index in [-0.39, 0.29) is 21.5 Å². The van der Waals surface area contributed by atoms with Gasteiger partial charge >= 0.3 is 5.97 Å². The molecule has 2 N–H and O–H groups in total. The molecule has 1 aromatic carbocycles. The van der Waals surface area contributed by atoms with Crippen molar-refractivity contribution in [3.8, 4) is 0 Å². The molecule has 0 bridgehead atoms.